The molecule has 41 heteroatoms. The van der Waals surface area contributed by atoms with Crippen LogP contribution in [-0.2, 0) is 0 Å². The van der Waals surface area contributed by atoms with Crippen molar-refractivity contribution in [1.82, 2.24) is 15.1 Å². The third kappa shape index (κ3) is 47.2. The molecular weight excluding hydrogens is 2460 g/mol. The Morgan fingerprint density at radius 2 is 0.754 bits per heavy atom. The number of hydrogen-bond donors (Lipinski definition) is 4. The Balaban J connectivity index is 0.000000823. The first kappa shape index (κ1) is 133. The van der Waals surface area contributed by atoms with E-state index in [1.165, 1.54) is 81.5 Å². The molecule has 21 nitrogen and oxygen atoms in total. The van der Waals surface area contributed by atoms with E-state index in [2.05, 4.69) is 89.9 Å². The average molecular weight is 2580 g/mol. The van der Waals surface area contributed by atoms with Gasteiger partial charge in [-0.15, -0.1) is 46.4 Å². The van der Waals surface area contributed by atoms with Crippen LogP contribution in [0.5, 0.6) is 57.5 Å². The molecule has 8 aromatic carbocycles. The number of halogens is 19. The summed E-state index contributed by atoms with van der Waals surface area (Å²) in [6.45, 7) is 16.8. The number of ether oxygens (including phenoxy) is 8. The smallest absolute Gasteiger partial charge is 1.00 e. The zero-order chi connectivity index (χ0) is 101. The van der Waals surface area contributed by atoms with Gasteiger partial charge in [-0.25, -0.2) is 0 Å². The maximum absolute atomic E-state index is 12.6. The number of carbonyl (C=O) groups is 4. The first-order chi connectivity index (χ1) is 65.4. The maximum Gasteiger partial charge on any atom is 2.00 e. The van der Waals surface area contributed by atoms with Crippen LogP contribution >= 0.6 is 227 Å². The Hall–Kier alpha value is -2.78. The van der Waals surface area contributed by atoms with E-state index in [4.69, 9.17) is 212 Å². The van der Waals surface area contributed by atoms with E-state index in [-0.39, 0.29) is 68.2 Å². The molecule has 0 aliphatic carbocycles. The fourth-order valence-electron chi connectivity index (χ4n) is 13.5. The molecule has 3 heterocycles. The van der Waals surface area contributed by atoms with Gasteiger partial charge >= 0.3 is 23.1 Å². The van der Waals surface area contributed by atoms with Crippen molar-refractivity contribution in [2.24, 2.45) is 0 Å². The van der Waals surface area contributed by atoms with Gasteiger partial charge in [-0.2, -0.15) is 6.42 Å². The summed E-state index contributed by atoms with van der Waals surface area (Å²) in [5, 5.41) is 38.7. The molecule has 0 spiro atoms. The van der Waals surface area contributed by atoms with E-state index in [0.29, 0.717) is 162 Å². The Kier molecular flexibility index (Phi) is 74.9. The van der Waals surface area contributed by atoms with Crippen LogP contribution in [-0.4, -0.2) is 249 Å². The zero-order valence-electron chi connectivity index (χ0n) is 78.4. The minimum Gasteiger partial charge on any atom is -1.00 e. The number of alkyl halides is 5. The van der Waals surface area contributed by atoms with Crippen LogP contribution in [0.2, 0.25) is 55.2 Å². The number of hydrogen-bond acceptors (Lipinski definition) is 21. The quantitative estimate of drug-likeness (QED) is 0.00410. The monoisotopic (exact) mass is 2570 g/mol. The Morgan fingerprint density at radius 3 is 1.09 bits per heavy atom. The Labute approximate surface area is 948 Å². The minimum absolute atomic E-state index is 0. The molecule has 138 heavy (non-hydrogen) atoms. The number of methoxy groups -OCH3 is 8. The molecule has 3 fully saturated rings. The molecule has 0 amide bonds. The van der Waals surface area contributed by atoms with Gasteiger partial charge in [0, 0.05) is 186 Å². The number of piperazine rings is 3. The number of rotatable bonds is 39. The molecule has 0 bridgehead atoms. The zero-order valence-corrected chi connectivity index (χ0v) is 98.7. The van der Waals surface area contributed by atoms with E-state index in [1.54, 1.807) is 54.6 Å². The third-order valence-electron chi connectivity index (χ3n) is 20.8. The number of aliphatic hydroxyl groups excluding tert-OH is 1. The number of aldehydes is 1. The number of carbonyl (C=O) groups excluding carboxylic acids is 4. The fraction of sp³-hybridized carbons (Fsp3) is 0.454. The predicted molar refractivity (Wildman–Crippen MR) is 598 cm³/mol. The van der Waals surface area contributed by atoms with Gasteiger partial charge < -0.3 is 97.1 Å². The Morgan fingerprint density at radius 1 is 0.420 bits per heavy atom. The van der Waals surface area contributed by atoms with Gasteiger partial charge in [0.2, 0.25) is 0 Å². The standard InChI is InChI=1S/C23H27Cl3N2O3.C21H23Cl3N2O3.C13H18Cl2O3.C13H16Cl2O3.C10H12Cl2N2.C9H9ClO3.C4H8BrCl.C4H8Cl.BrH.I2.Mg/c1-30-21-15-16(14-18(25)23(21)31-2)20(29)8-3-4-9-27-10-12-28(13-11-27)19-7-5-6-17(24)22(19)26;22-15-4-3-5-17(20(15)24)26-10-8-25(9-11-26)7-2-1-6-18(27)14-12-16(23)21(29)19(28)13-14;2*1-17-12-8-9(7-10(15)13(12)18-2)11(16)5-3-4-6-14;11-8-2-1-3-9(10(8)12)14-6-4-13-5-7-14;1-12-8-4-6(5-11)3-7(10)9(8)13-2;5-3-1-2-4-6;1-2-3-4-5;;1-2;/h5-7,14-15H,3-4,8-13H2,1-2H3;3-5,12-13,28-29H,1-2,6-11H2;7-8,11,16H,3-6H2,1-2H3;7-8H,3-6H2,1-2H3;1-3,13H,4-7H2;3-5H,1-2H3;1-4H2;1-4H2;1H;;/q;;;;;;;-1;;;+2/p-1. The van der Waals surface area contributed by atoms with Crippen molar-refractivity contribution in [3.8, 4) is 57.5 Å². The van der Waals surface area contributed by atoms with Crippen molar-refractivity contribution in [3.63, 3.8) is 0 Å². The van der Waals surface area contributed by atoms with Gasteiger partial charge in [0.1, 0.15) is 6.29 Å². The number of unbranched alkanes of at least 4 members (excludes halogenated alkanes) is 6. The molecule has 0 radical (unpaired) electrons. The maximum atomic E-state index is 12.6. The van der Waals surface area contributed by atoms with E-state index in [1.807, 2.05) is 42.5 Å². The SMILES string of the molecule is COc1cc(C(=O)CCCCCl)cc(Cl)c1OC.COc1cc(C(=O)CCCCN2CCN(c3cccc(Cl)c3Cl)CC2)cc(Cl)c1OC.COc1cc(C(O)CCCCCl)cc(Cl)c1OC.COc1cc(C=O)cc(Cl)c1OC.ClCCCCBr.Clc1cccc(N2CCNCC2)c1Cl.II.O=C(CCCCN1CCN(c2cccc(Cl)c2Cl)CC1)c1cc(O)c(O)c(Cl)c1.[Br-].[CH2-]CCCCl.[Mg+2]. The van der Waals surface area contributed by atoms with Crippen LogP contribution in [0, 0.1) is 6.92 Å². The van der Waals surface area contributed by atoms with E-state index in [9.17, 15) is 34.5 Å². The molecule has 1 unspecified atom stereocenters. The fourth-order valence-corrected chi connectivity index (χ4v) is 17.3. The number of nitrogens with zero attached hydrogens (tertiary/aromatic N) is 5. The van der Waals surface area contributed by atoms with Gasteiger partial charge in [0.05, 0.1) is 135 Å². The summed E-state index contributed by atoms with van der Waals surface area (Å²) in [5.41, 5.74) is 5.60. The number of aliphatic hydroxyl groups is 1. The number of phenols is 2. The van der Waals surface area contributed by atoms with Crippen molar-refractivity contribution in [2.45, 2.75) is 109 Å². The van der Waals surface area contributed by atoms with Crippen molar-refractivity contribution >= 4 is 291 Å². The van der Waals surface area contributed by atoms with Crippen LogP contribution in [0.1, 0.15) is 156 Å². The summed E-state index contributed by atoms with van der Waals surface area (Å²) in [5.74, 6) is 5.67. The van der Waals surface area contributed by atoms with Gasteiger partial charge in [0.15, 0.2) is 74.8 Å². The summed E-state index contributed by atoms with van der Waals surface area (Å²) in [7, 11) is 12.1. The molecule has 3 aliphatic rings. The van der Waals surface area contributed by atoms with E-state index in [0.717, 1.165) is 202 Å². The van der Waals surface area contributed by atoms with Crippen LogP contribution in [0.4, 0.5) is 17.1 Å². The number of ketones is 3. The molecule has 11 rings (SSSR count). The summed E-state index contributed by atoms with van der Waals surface area (Å²) in [6.07, 6.45) is 13.2. The number of benzene rings is 8. The van der Waals surface area contributed by atoms with Crippen molar-refractivity contribution < 1.29 is 89.4 Å². The van der Waals surface area contributed by atoms with Gasteiger partial charge in [0.25, 0.3) is 0 Å². The first-order valence-electron chi connectivity index (χ1n) is 43.5. The average Bonchev–Trinajstić information content (AvgIpc) is 0.839. The molecule has 0 aromatic heterocycles. The van der Waals surface area contributed by atoms with Crippen molar-refractivity contribution in [2.75, 3.05) is 192 Å². The number of phenolic OH excluding ortho intramolecular Hbond substituents is 2. The first-order valence-corrected chi connectivity index (χ1v) is 57.2. The normalized spacial score (nSPS) is 12.7. The van der Waals surface area contributed by atoms with Crippen LogP contribution in [0.3, 0.4) is 0 Å². The summed E-state index contributed by atoms with van der Waals surface area (Å²) < 4.78 is 41.1. The van der Waals surface area contributed by atoms with Crippen molar-refractivity contribution in [1.29, 1.82) is 0 Å². The summed E-state index contributed by atoms with van der Waals surface area (Å²) in [6, 6.07) is 33.0. The molecule has 1 atom stereocenters. The van der Waals surface area contributed by atoms with Crippen LogP contribution in [0.15, 0.2) is 115 Å². The topological polar surface area (TPSA) is 231 Å². The predicted octanol–water partition coefficient (Wildman–Crippen LogP) is 26.0. The number of anilines is 3. The van der Waals surface area contributed by atoms with Crippen molar-refractivity contribution in [3.05, 3.63) is 205 Å². The van der Waals surface area contributed by atoms with Crippen LogP contribution in [0.25, 0.3) is 0 Å². The molecular formula is C97H121Br2Cl15I2MgN6O15. The second-order valence-corrected chi connectivity index (χ2v) is 36.6. The second kappa shape index (κ2) is 77.6. The molecule has 8 aromatic rings. The summed E-state index contributed by atoms with van der Waals surface area (Å²) >= 11 is 96.3. The van der Waals surface area contributed by atoms with E-state index >= 15 is 0 Å². The van der Waals surface area contributed by atoms with Crippen LogP contribution < -0.4 is 74.9 Å². The number of nitrogens with one attached hydrogen (secondary N) is 1. The number of Topliss-reactive ketones (excluding diaryl/α,β-unsaturated/α-hetero) is 3. The molecule has 764 valence electrons. The van der Waals surface area contributed by atoms with Gasteiger partial charge in [-0.1, -0.05) is 168 Å². The molecule has 3 saturated heterocycles. The third-order valence-corrected chi connectivity index (χ3v) is 26.3. The van der Waals surface area contributed by atoms with E-state index < -0.39 is 11.9 Å². The summed E-state index contributed by atoms with van der Waals surface area (Å²) in [4.78, 5) is 58.8. The Bertz CT molecular complexity index is 4850. The van der Waals surface area contributed by atoms with Gasteiger partial charge in [-0.3, -0.25) is 29.0 Å². The minimum atomic E-state index is -0.564. The second-order valence-electron chi connectivity index (χ2n) is 29.9. The molecule has 4 N–H and O–H groups in total. The largest absolute Gasteiger partial charge is 2.00 e. The molecule has 0 saturated carbocycles. The van der Waals surface area contributed by atoms with Gasteiger partial charge in [-0.05, 0) is 186 Å². The molecule has 3 aliphatic heterocycles. The number of aromatic hydroxyl groups is 2.